The summed E-state index contributed by atoms with van der Waals surface area (Å²) in [5.41, 5.74) is 2.19. The summed E-state index contributed by atoms with van der Waals surface area (Å²) in [7, 11) is 0. The lowest BCUT2D eigenvalue weighted by Gasteiger charge is -2.16. The number of aromatic nitrogens is 1. The van der Waals surface area contributed by atoms with Gasteiger partial charge < -0.3 is 5.32 Å². The highest BCUT2D eigenvalue weighted by atomic mass is 14.9. The van der Waals surface area contributed by atoms with Crippen molar-refractivity contribution in [3.8, 4) is 0 Å². The predicted molar refractivity (Wildman–Crippen MR) is 66.1 cm³/mol. The molecule has 0 amide bonds. The Hall–Kier alpha value is -1.05. The normalized spacial score (nSPS) is 12.9. The minimum atomic E-state index is 0.525. The molecule has 84 valence electrons. The Bertz CT molecular complexity index is 277. The summed E-state index contributed by atoms with van der Waals surface area (Å²) in [5.74, 6) is 0.783. The Morgan fingerprint density at radius 3 is 2.47 bits per heavy atom. The van der Waals surface area contributed by atoms with Gasteiger partial charge in [0.25, 0.3) is 0 Å². The van der Waals surface area contributed by atoms with E-state index in [0.29, 0.717) is 6.04 Å². The molecule has 0 spiro atoms. The van der Waals surface area contributed by atoms with Crippen LogP contribution in [0.1, 0.15) is 39.3 Å². The summed E-state index contributed by atoms with van der Waals surface area (Å²) in [5, 5.41) is 3.46. The monoisotopic (exact) mass is 206 g/mol. The van der Waals surface area contributed by atoms with Crippen molar-refractivity contribution in [1.82, 2.24) is 4.98 Å². The van der Waals surface area contributed by atoms with Crippen LogP contribution in [0.2, 0.25) is 0 Å². The number of nitrogens with zero attached hydrogens (tertiary/aromatic N) is 1. The number of nitrogens with one attached hydrogen (secondary N) is 1. The lowest BCUT2D eigenvalue weighted by atomic mass is 10.0. The molecule has 2 nitrogen and oxygen atoms in total. The fraction of sp³-hybridized carbons (Fsp3) is 0.615. The molecular weight excluding hydrogens is 184 g/mol. The molecule has 1 unspecified atom stereocenters. The van der Waals surface area contributed by atoms with Crippen molar-refractivity contribution >= 4 is 5.69 Å². The fourth-order valence-electron chi connectivity index (χ4n) is 1.49. The van der Waals surface area contributed by atoms with E-state index in [-0.39, 0.29) is 0 Å². The first-order valence-electron chi connectivity index (χ1n) is 5.77. The zero-order chi connectivity index (χ0) is 11.3. The van der Waals surface area contributed by atoms with Crippen LogP contribution in [-0.4, -0.2) is 11.0 Å². The quantitative estimate of drug-likeness (QED) is 0.795. The van der Waals surface area contributed by atoms with Crippen molar-refractivity contribution in [2.24, 2.45) is 5.92 Å². The molecule has 0 saturated heterocycles. The number of aryl methyl sites for hydroxylation is 1. The Balaban J connectivity index is 2.37. The molecule has 0 aliphatic carbocycles. The fourth-order valence-corrected chi connectivity index (χ4v) is 1.49. The lowest BCUT2D eigenvalue weighted by Crippen LogP contribution is -2.15. The van der Waals surface area contributed by atoms with Crippen LogP contribution in [0.15, 0.2) is 18.3 Å². The molecule has 1 N–H and O–H groups in total. The second-order valence-corrected chi connectivity index (χ2v) is 4.70. The molecule has 1 aromatic rings. The molecule has 2 heteroatoms. The van der Waals surface area contributed by atoms with E-state index in [0.717, 1.165) is 17.3 Å². The summed E-state index contributed by atoms with van der Waals surface area (Å²) in [6.07, 6.45) is 4.39. The second kappa shape index (κ2) is 5.74. The zero-order valence-electron chi connectivity index (χ0n) is 10.2. The van der Waals surface area contributed by atoms with Gasteiger partial charge in [-0.15, -0.1) is 0 Å². The van der Waals surface area contributed by atoms with E-state index in [9.17, 15) is 0 Å². The molecule has 0 bridgehead atoms. The molecular formula is C13H22N2. The van der Waals surface area contributed by atoms with E-state index in [1.165, 1.54) is 12.8 Å². The van der Waals surface area contributed by atoms with Gasteiger partial charge in [-0.3, -0.25) is 4.98 Å². The van der Waals surface area contributed by atoms with Gasteiger partial charge in [-0.2, -0.15) is 0 Å². The zero-order valence-corrected chi connectivity index (χ0v) is 10.2. The van der Waals surface area contributed by atoms with Gasteiger partial charge in [0.2, 0.25) is 0 Å². The van der Waals surface area contributed by atoms with Gasteiger partial charge in [0.1, 0.15) is 0 Å². The SMILES string of the molecule is Cc1ccc(NC(C)CCC(C)C)cn1. The smallest absolute Gasteiger partial charge is 0.0528 e. The number of hydrogen-bond acceptors (Lipinski definition) is 2. The Morgan fingerprint density at radius 2 is 1.93 bits per heavy atom. The van der Waals surface area contributed by atoms with Crippen LogP contribution in [-0.2, 0) is 0 Å². The number of pyridine rings is 1. The molecule has 0 fully saturated rings. The second-order valence-electron chi connectivity index (χ2n) is 4.70. The van der Waals surface area contributed by atoms with Crippen molar-refractivity contribution < 1.29 is 0 Å². The van der Waals surface area contributed by atoms with Crippen LogP contribution in [0.5, 0.6) is 0 Å². The average molecular weight is 206 g/mol. The van der Waals surface area contributed by atoms with Gasteiger partial charge in [-0.05, 0) is 44.7 Å². The van der Waals surface area contributed by atoms with E-state index >= 15 is 0 Å². The van der Waals surface area contributed by atoms with Gasteiger partial charge in [-0.1, -0.05) is 13.8 Å². The maximum absolute atomic E-state index is 4.26. The minimum Gasteiger partial charge on any atom is -0.381 e. The van der Waals surface area contributed by atoms with Crippen LogP contribution in [0, 0.1) is 12.8 Å². The average Bonchev–Trinajstić information content (AvgIpc) is 2.19. The van der Waals surface area contributed by atoms with Gasteiger partial charge in [0.15, 0.2) is 0 Å². The van der Waals surface area contributed by atoms with Crippen molar-refractivity contribution in [2.45, 2.75) is 46.6 Å². The minimum absolute atomic E-state index is 0.525. The van der Waals surface area contributed by atoms with Crippen LogP contribution < -0.4 is 5.32 Å². The number of rotatable bonds is 5. The number of anilines is 1. The maximum atomic E-state index is 4.26. The molecule has 1 heterocycles. The van der Waals surface area contributed by atoms with Gasteiger partial charge in [-0.25, -0.2) is 0 Å². The highest BCUT2D eigenvalue weighted by Gasteiger charge is 2.03. The maximum Gasteiger partial charge on any atom is 0.0528 e. The topological polar surface area (TPSA) is 24.9 Å². The van der Waals surface area contributed by atoms with Gasteiger partial charge in [0, 0.05) is 11.7 Å². The first-order valence-corrected chi connectivity index (χ1v) is 5.77. The van der Waals surface area contributed by atoms with E-state index in [2.05, 4.69) is 37.1 Å². The van der Waals surface area contributed by atoms with Crippen molar-refractivity contribution in [3.05, 3.63) is 24.0 Å². The standard InChI is InChI=1S/C13H22N2/c1-10(2)5-6-12(4)15-13-8-7-11(3)14-9-13/h7-10,12,15H,5-6H2,1-4H3. The Labute approximate surface area is 93.1 Å². The molecule has 0 aromatic carbocycles. The molecule has 0 radical (unpaired) electrons. The van der Waals surface area contributed by atoms with Crippen LogP contribution >= 0.6 is 0 Å². The highest BCUT2D eigenvalue weighted by molar-refractivity contribution is 5.41. The summed E-state index contributed by atoms with van der Waals surface area (Å²) in [6, 6.07) is 4.66. The van der Waals surface area contributed by atoms with E-state index in [1.54, 1.807) is 0 Å². The van der Waals surface area contributed by atoms with Gasteiger partial charge >= 0.3 is 0 Å². The van der Waals surface area contributed by atoms with Crippen LogP contribution in [0.25, 0.3) is 0 Å². The van der Waals surface area contributed by atoms with Crippen LogP contribution in [0.4, 0.5) is 5.69 Å². The third-order valence-electron chi connectivity index (χ3n) is 2.50. The summed E-state index contributed by atoms with van der Waals surface area (Å²) >= 11 is 0. The lowest BCUT2D eigenvalue weighted by molar-refractivity contribution is 0.527. The van der Waals surface area contributed by atoms with Gasteiger partial charge in [0.05, 0.1) is 11.9 Å². The molecule has 1 aromatic heterocycles. The van der Waals surface area contributed by atoms with Crippen molar-refractivity contribution in [3.63, 3.8) is 0 Å². The largest absolute Gasteiger partial charge is 0.381 e. The van der Waals surface area contributed by atoms with Crippen molar-refractivity contribution in [2.75, 3.05) is 5.32 Å². The third kappa shape index (κ3) is 4.82. The molecule has 0 saturated carbocycles. The third-order valence-corrected chi connectivity index (χ3v) is 2.50. The molecule has 1 rings (SSSR count). The number of hydrogen-bond donors (Lipinski definition) is 1. The Morgan fingerprint density at radius 1 is 1.20 bits per heavy atom. The summed E-state index contributed by atoms with van der Waals surface area (Å²) in [6.45, 7) is 8.76. The molecule has 1 atom stereocenters. The van der Waals surface area contributed by atoms with Crippen molar-refractivity contribution in [1.29, 1.82) is 0 Å². The molecule has 15 heavy (non-hydrogen) atoms. The van der Waals surface area contributed by atoms with Crippen LogP contribution in [0.3, 0.4) is 0 Å². The predicted octanol–water partition coefficient (Wildman–Crippen LogP) is 3.63. The molecule has 0 aliphatic rings. The molecule has 0 aliphatic heterocycles. The van der Waals surface area contributed by atoms with E-state index in [1.807, 2.05) is 19.2 Å². The first kappa shape index (κ1) is 12.0. The highest BCUT2D eigenvalue weighted by Crippen LogP contribution is 2.12. The first-order chi connectivity index (χ1) is 7.08. The Kier molecular flexibility index (Phi) is 4.60. The van der Waals surface area contributed by atoms with E-state index in [4.69, 9.17) is 0 Å². The van der Waals surface area contributed by atoms with E-state index < -0.39 is 0 Å². The summed E-state index contributed by atoms with van der Waals surface area (Å²) in [4.78, 5) is 4.26. The summed E-state index contributed by atoms with van der Waals surface area (Å²) < 4.78 is 0.